The van der Waals surface area contributed by atoms with Crippen LogP contribution in [0, 0.1) is 6.92 Å². The van der Waals surface area contributed by atoms with Crippen LogP contribution in [0.2, 0.25) is 0 Å². The number of hydrogen-bond donors (Lipinski definition) is 1. The van der Waals surface area contributed by atoms with Crippen LogP contribution in [0.1, 0.15) is 22.3 Å². The highest BCUT2D eigenvalue weighted by atomic mass is 79.9. The van der Waals surface area contributed by atoms with Gasteiger partial charge in [0.1, 0.15) is 0 Å². The number of amides is 1. The maximum atomic E-state index is 12.5. The highest BCUT2D eigenvalue weighted by Crippen LogP contribution is 2.23. The molecule has 1 heterocycles. The van der Waals surface area contributed by atoms with Gasteiger partial charge in [-0.3, -0.25) is 9.59 Å². The average Bonchev–Trinajstić information content (AvgIpc) is 2.41. The summed E-state index contributed by atoms with van der Waals surface area (Å²) in [6, 6.07) is 5.52. The first-order valence-corrected chi connectivity index (χ1v) is 7.16. The van der Waals surface area contributed by atoms with Crippen molar-refractivity contribution in [1.82, 2.24) is 4.90 Å². The maximum absolute atomic E-state index is 12.5. The van der Waals surface area contributed by atoms with Crippen LogP contribution in [-0.2, 0) is 9.53 Å². The van der Waals surface area contributed by atoms with E-state index in [0.29, 0.717) is 25.3 Å². The molecule has 1 aliphatic heterocycles. The number of rotatable bonds is 3. The van der Waals surface area contributed by atoms with Gasteiger partial charge < -0.3 is 14.7 Å². The van der Waals surface area contributed by atoms with Gasteiger partial charge in [0.15, 0.2) is 0 Å². The van der Waals surface area contributed by atoms with Gasteiger partial charge in [-0.25, -0.2) is 0 Å². The lowest BCUT2D eigenvalue weighted by atomic mass is 10.1. The van der Waals surface area contributed by atoms with Crippen LogP contribution in [0.25, 0.3) is 0 Å². The zero-order valence-electron chi connectivity index (χ0n) is 11.1. The number of carboxylic acids is 1. The van der Waals surface area contributed by atoms with Gasteiger partial charge in [0.2, 0.25) is 0 Å². The van der Waals surface area contributed by atoms with Crippen molar-refractivity contribution < 1.29 is 19.4 Å². The Morgan fingerprint density at radius 1 is 1.50 bits per heavy atom. The topological polar surface area (TPSA) is 66.8 Å². The SMILES string of the molecule is Cc1cccc(C(=O)N2CCOC(CC(=O)O)C2)c1Br. The number of aliphatic carboxylic acids is 1. The molecule has 1 aromatic rings. The van der Waals surface area contributed by atoms with E-state index >= 15 is 0 Å². The molecule has 0 bridgehead atoms. The molecule has 6 heteroatoms. The molecule has 5 nitrogen and oxygen atoms in total. The summed E-state index contributed by atoms with van der Waals surface area (Å²) in [5.41, 5.74) is 1.59. The third kappa shape index (κ3) is 3.37. The molecule has 1 saturated heterocycles. The van der Waals surface area contributed by atoms with Crippen LogP contribution >= 0.6 is 15.9 Å². The number of morpholine rings is 1. The molecule has 1 atom stereocenters. The average molecular weight is 342 g/mol. The molecule has 1 aliphatic rings. The third-order valence-electron chi connectivity index (χ3n) is 3.25. The van der Waals surface area contributed by atoms with Gasteiger partial charge in [0, 0.05) is 17.6 Å². The second-order valence-corrected chi connectivity index (χ2v) is 5.57. The fourth-order valence-corrected chi connectivity index (χ4v) is 2.64. The number of carbonyl (C=O) groups is 2. The first kappa shape index (κ1) is 15.0. The normalized spacial score (nSPS) is 18.9. The van der Waals surface area contributed by atoms with Crippen LogP contribution < -0.4 is 0 Å². The second kappa shape index (κ2) is 6.37. The summed E-state index contributed by atoms with van der Waals surface area (Å²) < 4.78 is 6.16. The van der Waals surface area contributed by atoms with E-state index in [2.05, 4.69) is 15.9 Å². The van der Waals surface area contributed by atoms with Crippen LogP contribution in [0.15, 0.2) is 22.7 Å². The molecule has 0 aliphatic carbocycles. The molecule has 1 amide bonds. The molecule has 20 heavy (non-hydrogen) atoms. The van der Waals surface area contributed by atoms with Gasteiger partial charge in [0.25, 0.3) is 5.91 Å². The number of benzene rings is 1. The summed E-state index contributed by atoms with van der Waals surface area (Å²) >= 11 is 3.43. The minimum Gasteiger partial charge on any atom is -0.481 e. The number of ether oxygens (including phenoxy) is 1. The first-order valence-electron chi connectivity index (χ1n) is 6.37. The predicted molar refractivity (Wildman–Crippen MR) is 76.8 cm³/mol. The van der Waals surface area contributed by atoms with Crippen molar-refractivity contribution in [3.05, 3.63) is 33.8 Å². The van der Waals surface area contributed by atoms with Gasteiger partial charge >= 0.3 is 5.97 Å². The van der Waals surface area contributed by atoms with E-state index in [0.717, 1.165) is 10.0 Å². The van der Waals surface area contributed by atoms with Gasteiger partial charge in [-0.15, -0.1) is 0 Å². The van der Waals surface area contributed by atoms with Gasteiger partial charge in [-0.05, 0) is 34.5 Å². The molecule has 0 radical (unpaired) electrons. The molecule has 108 valence electrons. The molecule has 1 fully saturated rings. The molecule has 2 rings (SSSR count). The zero-order chi connectivity index (χ0) is 14.7. The van der Waals surface area contributed by atoms with Crippen molar-refractivity contribution in [2.24, 2.45) is 0 Å². The Balaban J connectivity index is 2.12. The highest BCUT2D eigenvalue weighted by molar-refractivity contribution is 9.10. The van der Waals surface area contributed by atoms with E-state index in [1.165, 1.54) is 0 Å². The monoisotopic (exact) mass is 341 g/mol. The Hall–Kier alpha value is -1.40. The number of nitrogens with zero attached hydrogens (tertiary/aromatic N) is 1. The summed E-state index contributed by atoms with van der Waals surface area (Å²) in [6.07, 6.45) is -0.521. The first-order chi connectivity index (χ1) is 9.49. The molecule has 1 N–H and O–H groups in total. The molecular weight excluding hydrogens is 326 g/mol. The number of aryl methyl sites for hydroxylation is 1. The molecule has 0 spiro atoms. The predicted octanol–water partition coefficient (Wildman–Crippen LogP) is 2.07. The molecular formula is C14H16BrNO4. The lowest BCUT2D eigenvalue weighted by Gasteiger charge is -2.32. The highest BCUT2D eigenvalue weighted by Gasteiger charge is 2.27. The van der Waals surface area contributed by atoms with Gasteiger partial charge in [0.05, 0.1) is 24.7 Å². The Bertz CT molecular complexity index is 532. The lowest BCUT2D eigenvalue weighted by molar-refractivity contribution is -0.141. The van der Waals surface area contributed by atoms with E-state index in [9.17, 15) is 9.59 Å². The molecule has 0 saturated carbocycles. The Morgan fingerprint density at radius 3 is 2.95 bits per heavy atom. The number of halogens is 1. The fourth-order valence-electron chi connectivity index (χ4n) is 2.20. The van der Waals surface area contributed by atoms with Crippen molar-refractivity contribution in [2.75, 3.05) is 19.7 Å². The van der Waals surface area contributed by atoms with Crippen LogP contribution in [0.4, 0.5) is 0 Å². The second-order valence-electron chi connectivity index (χ2n) is 4.78. The van der Waals surface area contributed by atoms with Crippen LogP contribution in [0.5, 0.6) is 0 Å². The van der Waals surface area contributed by atoms with Crippen molar-refractivity contribution in [1.29, 1.82) is 0 Å². The smallest absolute Gasteiger partial charge is 0.306 e. The van der Waals surface area contributed by atoms with Crippen molar-refractivity contribution in [3.63, 3.8) is 0 Å². The Labute approximate surface area is 125 Å². The standard InChI is InChI=1S/C14H16BrNO4/c1-9-3-2-4-11(13(9)15)14(19)16-5-6-20-10(8-16)7-12(17)18/h2-4,10H,5-8H2,1H3,(H,17,18). The van der Waals surface area contributed by atoms with E-state index in [1.807, 2.05) is 19.1 Å². The van der Waals surface area contributed by atoms with Crippen molar-refractivity contribution in [2.45, 2.75) is 19.4 Å². The largest absolute Gasteiger partial charge is 0.481 e. The number of carboxylic acid groups (broad SMARTS) is 1. The van der Waals surface area contributed by atoms with E-state index in [4.69, 9.17) is 9.84 Å². The van der Waals surface area contributed by atoms with E-state index in [1.54, 1.807) is 11.0 Å². The summed E-state index contributed by atoms with van der Waals surface area (Å²) in [6.45, 7) is 3.08. The lowest BCUT2D eigenvalue weighted by Crippen LogP contribution is -2.46. The number of hydrogen-bond acceptors (Lipinski definition) is 3. The van der Waals surface area contributed by atoms with Gasteiger partial charge in [-0.1, -0.05) is 12.1 Å². The maximum Gasteiger partial charge on any atom is 0.306 e. The summed E-state index contributed by atoms with van der Waals surface area (Å²) in [7, 11) is 0. The Morgan fingerprint density at radius 2 is 2.25 bits per heavy atom. The molecule has 1 aromatic carbocycles. The minimum atomic E-state index is -0.916. The summed E-state index contributed by atoms with van der Waals surface area (Å²) in [4.78, 5) is 24.9. The number of carbonyl (C=O) groups excluding carboxylic acids is 1. The Kier molecular flexibility index (Phi) is 4.77. The van der Waals surface area contributed by atoms with E-state index < -0.39 is 12.1 Å². The fraction of sp³-hybridized carbons (Fsp3) is 0.429. The van der Waals surface area contributed by atoms with Crippen LogP contribution in [0.3, 0.4) is 0 Å². The summed E-state index contributed by atoms with van der Waals surface area (Å²) in [5, 5.41) is 8.80. The van der Waals surface area contributed by atoms with Crippen LogP contribution in [-0.4, -0.2) is 47.7 Å². The van der Waals surface area contributed by atoms with Gasteiger partial charge in [-0.2, -0.15) is 0 Å². The van der Waals surface area contributed by atoms with Crippen molar-refractivity contribution in [3.8, 4) is 0 Å². The zero-order valence-corrected chi connectivity index (χ0v) is 12.7. The van der Waals surface area contributed by atoms with E-state index in [-0.39, 0.29) is 12.3 Å². The molecule has 1 unspecified atom stereocenters. The third-order valence-corrected chi connectivity index (χ3v) is 4.30. The molecule has 0 aromatic heterocycles. The summed E-state index contributed by atoms with van der Waals surface area (Å²) in [5.74, 6) is -1.01. The minimum absolute atomic E-state index is 0.0846. The van der Waals surface area contributed by atoms with Crippen molar-refractivity contribution >= 4 is 27.8 Å². The quantitative estimate of drug-likeness (QED) is 0.913.